The van der Waals surface area contributed by atoms with Crippen molar-refractivity contribution in [2.75, 3.05) is 36.6 Å². The first-order valence-corrected chi connectivity index (χ1v) is 13.6. The van der Waals surface area contributed by atoms with Crippen LogP contribution in [-0.4, -0.2) is 51.4 Å². The predicted octanol–water partition coefficient (Wildman–Crippen LogP) is 3.36. The van der Waals surface area contributed by atoms with Crippen LogP contribution in [0.15, 0.2) is 57.3 Å². The number of fused-ring (bicyclic) bond motifs is 1. The summed E-state index contributed by atoms with van der Waals surface area (Å²) in [6, 6.07) is 12.0. The highest BCUT2D eigenvalue weighted by Crippen LogP contribution is 2.36. The Labute approximate surface area is 221 Å². The number of hydrogen-bond acceptors (Lipinski definition) is 9. The molecule has 3 N–H and O–H groups in total. The average molecular weight is 541 g/mol. The zero-order chi connectivity index (χ0) is 26.4. The largest absolute Gasteiger partial charge is 0.383 e. The minimum atomic E-state index is -0.709. The molecule has 10 nitrogen and oxygen atoms in total. The molecule has 3 aromatic heterocycles. The van der Waals surface area contributed by atoms with Crippen molar-refractivity contribution in [1.82, 2.24) is 19.5 Å². The van der Waals surface area contributed by atoms with E-state index in [1.54, 1.807) is 11.3 Å². The van der Waals surface area contributed by atoms with Crippen LogP contribution in [0.5, 0.6) is 0 Å². The Bertz CT molecular complexity index is 1500. The number of aromatic amines is 1. The molecule has 0 fully saturated rings. The number of thiophene rings is 1. The fraction of sp³-hybridized carbons (Fsp3) is 0.320. The number of rotatable bonds is 11. The predicted molar refractivity (Wildman–Crippen MR) is 148 cm³/mol. The Hall–Kier alpha value is -3.48. The fourth-order valence-corrected chi connectivity index (χ4v) is 5.74. The number of amides is 1. The monoisotopic (exact) mass is 540 g/mol. The number of H-pyrrole nitrogens is 1. The van der Waals surface area contributed by atoms with E-state index in [9.17, 15) is 14.4 Å². The molecule has 0 saturated carbocycles. The molecule has 1 aromatic carbocycles. The minimum Gasteiger partial charge on any atom is -0.383 e. The highest BCUT2D eigenvalue weighted by molar-refractivity contribution is 8.00. The molecule has 194 valence electrons. The van der Waals surface area contributed by atoms with Gasteiger partial charge in [-0.1, -0.05) is 55.4 Å². The number of hydrogen-bond donors (Lipinski definition) is 2. The molecule has 0 aliphatic heterocycles. The van der Waals surface area contributed by atoms with Crippen LogP contribution in [0.1, 0.15) is 19.8 Å². The maximum absolute atomic E-state index is 13.4. The molecule has 0 spiro atoms. The molecule has 0 bridgehead atoms. The number of anilines is 2. The van der Waals surface area contributed by atoms with Gasteiger partial charge in [0.1, 0.15) is 22.0 Å². The van der Waals surface area contributed by atoms with Gasteiger partial charge in [-0.05, 0) is 18.1 Å². The summed E-state index contributed by atoms with van der Waals surface area (Å²) in [6.45, 7) is 2.61. The van der Waals surface area contributed by atoms with E-state index in [1.165, 1.54) is 34.7 Å². The first kappa shape index (κ1) is 26.6. The third kappa shape index (κ3) is 5.92. The van der Waals surface area contributed by atoms with Crippen molar-refractivity contribution in [3.63, 3.8) is 0 Å². The lowest BCUT2D eigenvalue weighted by atomic mass is 10.2. The van der Waals surface area contributed by atoms with E-state index in [4.69, 9.17) is 10.5 Å². The topological polar surface area (TPSA) is 136 Å². The molecule has 12 heteroatoms. The van der Waals surface area contributed by atoms with E-state index in [0.717, 1.165) is 27.1 Å². The molecule has 0 atom stereocenters. The normalized spacial score (nSPS) is 11.2. The Morgan fingerprint density at radius 1 is 1.24 bits per heavy atom. The van der Waals surface area contributed by atoms with Crippen molar-refractivity contribution in [3.05, 3.63) is 63.6 Å². The summed E-state index contributed by atoms with van der Waals surface area (Å²) >= 11 is 2.81. The van der Waals surface area contributed by atoms with Gasteiger partial charge in [0.25, 0.3) is 5.56 Å². The van der Waals surface area contributed by atoms with Crippen molar-refractivity contribution < 1.29 is 9.53 Å². The van der Waals surface area contributed by atoms with Crippen molar-refractivity contribution in [3.8, 4) is 10.4 Å². The average Bonchev–Trinajstić information content (AvgIpc) is 3.34. The molecular formula is C25H28N6O4S2. The van der Waals surface area contributed by atoms with Crippen LogP contribution in [0.25, 0.3) is 20.7 Å². The van der Waals surface area contributed by atoms with E-state index in [0.29, 0.717) is 18.0 Å². The van der Waals surface area contributed by atoms with Gasteiger partial charge in [-0.3, -0.25) is 19.1 Å². The third-order valence-electron chi connectivity index (χ3n) is 5.72. The van der Waals surface area contributed by atoms with Crippen LogP contribution < -0.4 is 21.9 Å². The number of carbonyl (C=O) groups excluding carboxylic acids is 1. The number of benzene rings is 1. The molecule has 1 amide bonds. The Balaban J connectivity index is 1.62. The van der Waals surface area contributed by atoms with E-state index < -0.39 is 11.2 Å². The second-order valence-corrected chi connectivity index (χ2v) is 10.2. The lowest BCUT2D eigenvalue weighted by molar-refractivity contribution is -0.116. The van der Waals surface area contributed by atoms with Gasteiger partial charge in [-0.15, -0.1) is 11.3 Å². The van der Waals surface area contributed by atoms with Gasteiger partial charge < -0.3 is 15.4 Å². The molecule has 0 unspecified atom stereocenters. The van der Waals surface area contributed by atoms with Crippen molar-refractivity contribution in [2.45, 2.75) is 31.3 Å². The summed E-state index contributed by atoms with van der Waals surface area (Å²) < 4.78 is 6.46. The van der Waals surface area contributed by atoms with Crippen LogP contribution in [-0.2, 0) is 16.1 Å². The lowest BCUT2D eigenvalue weighted by Gasteiger charge is -2.24. The molecule has 0 aliphatic carbocycles. The summed E-state index contributed by atoms with van der Waals surface area (Å²) in [7, 11) is 1.51. The first-order valence-electron chi connectivity index (χ1n) is 11.8. The fourth-order valence-electron chi connectivity index (χ4n) is 3.82. The molecular weight excluding hydrogens is 512 g/mol. The van der Waals surface area contributed by atoms with Gasteiger partial charge in [-0.25, -0.2) is 14.8 Å². The quantitative estimate of drug-likeness (QED) is 0.218. The number of methoxy groups -OCH3 is 1. The molecule has 0 aliphatic rings. The summed E-state index contributed by atoms with van der Waals surface area (Å²) in [5.41, 5.74) is 5.99. The number of nitrogens with zero attached hydrogens (tertiary/aromatic N) is 4. The Morgan fingerprint density at radius 2 is 2.03 bits per heavy atom. The number of aromatic nitrogens is 4. The smallest absolute Gasteiger partial charge is 0.330 e. The van der Waals surface area contributed by atoms with Crippen molar-refractivity contribution in [2.24, 2.45) is 0 Å². The van der Waals surface area contributed by atoms with Gasteiger partial charge in [-0.2, -0.15) is 0 Å². The number of nitrogen functional groups attached to an aromatic ring is 1. The number of carbonyl (C=O) groups is 1. The third-order valence-corrected chi connectivity index (χ3v) is 7.81. The van der Waals surface area contributed by atoms with Gasteiger partial charge in [0, 0.05) is 30.5 Å². The first-order chi connectivity index (χ1) is 17.9. The molecule has 0 radical (unpaired) electrons. The van der Waals surface area contributed by atoms with Crippen LogP contribution >= 0.6 is 23.1 Å². The van der Waals surface area contributed by atoms with Gasteiger partial charge >= 0.3 is 5.69 Å². The van der Waals surface area contributed by atoms with Crippen LogP contribution in [0, 0.1) is 0 Å². The maximum atomic E-state index is 13.4. The number of ether oxygens (including phenoxy) is 1. The Kier molecular flexibility index (Phi) is 8.74. The molecule has 37 heavy (non-hydrogen) atoms. The number of thioether (sulfide) groups is 1. The second kappa shape index (κ2) is 12.2. The zero-order valence-corrected chi connectivity index (χ0v) is 22.2. The van der Waals surface area contributed by atoms with Crippen molar-refractivity contribution in [1.29, 1.82) is 0 Å². The summed E-state index contributed by atoms with van der Waals surface area (Å²) in [6.07, 6.45) is 3.02. The highest BCUT2D eigenvalue weighted by Gasteiger charge is 2.24. The summed E-state index contributed by atoms with van der Waals surface area (Å²) in [5, 5.41) is 1.52. The molecule has 0 saturated heterocycles. The van der Waals surface area contributed by atoms with E-state index in [2.05, 4.69) is 15.0 Å². The van der Waals surface area contributed by atoms with Gasteiger partial charge in [0.2, 0.25) is 5.91 Å². The zero-order valence-electron chi connectivity index (χ0n) is 20.6. The van der Waals surface area contributed by atoms with Crippen LogP contribution in [0.2, 0.25) is 0 Å². The second-order valence-electron chi connectivity index (χ2n) is 8.20. The Morgan fingerprint density at radius 3 is 2.76 bits per heavy atom. The maximum Gasteiger partial charge on any atom is 0.330 e. The van der Waals surface area contributed by atoms with E-state index in [1.807, 2.05) is 43.3 Å². The van der Waals surface area contributed by atoms with Crippen molar-refractivity contribution >= 4 is 50.7 Å². The number of nitrogens with two attached hydrogens (primary N) is 1. The van der Waals surface area contributed by atoms with Gasteiger partial charge in [0.05, 0.1) is 12.4 Å². The van der Waals surface area contributed by atoms with E-state index >= 15 is 0 Å². The minimum absolute atomic E-state index is 0.000684. The lowest BCUT2D eigenvalue weighted by Crippen LogP contribution is -2.43. The molecule has 3 heterocycles. The summed E-state index contributed by atoms with van der Waals surface area (Å²) in [4.78, 5) is 52.8. The number of nitrogens with one attached hydrogen (secondary N) is 1. The highest BCUT2D eigenvalue weighted by atomic mass is 32.2. The van der Waals surface area contributed by atoms with Crippen LogP contribution in [0.4, 0.5) is 11.5 Å². The summed E-state index contributed by atoms with van der Waals surface area (Å²) in [5.74, 6) is -0.393. The van der Waals surface area contributed by atoms with Crippen LogP contribution in [0.3, 0.4) is 0 Å². The standard InChI is InChI=1S/C25H28N6O4S2/c1-3-4-10-31-21(26)20(22(33)29-25(31)34)30(11-12-35-2)19(32)14-36-23-17-13-18(16-8-6-5-7-9-16)37-24(17)28-15-27-23/h5-9,13,15H,3-4,10-12,14,26H2,1-2H3,(H,29,33,34). The number of unbranched alkanes of at least 4 members (excludes halogenated alkanes) is 1. The van der Waals surface area contributed by atoms with Gasteiger partial charge in [0.15, 0.2) is 5.69 Å². The molecule has 4 rings (SSSR count). The molecule has 4 aromatic rings. The van der Waals surface area contributed by atoms with E-state index in [-0.39, 0.29) is 36.3 Å². The SMILES string of the molecule is CCCCn1c(N)c(N(CCOC)C(=O)CSc2ncnc3sc(-c4ccccc4)cc23)c(=O)[nH]c1=O.